The van der Waals surface area contributed by atoms with Crippen molar-refractivity contribution in [3.05, 3.63) is 15.0 Å². The second-order valence-corrected chi connectivity index (χ2v) is 4.13. The highest BCUT2D eigenvalue weighted by molar-refractivity contribution is 9.11. The van der Waals surface area contributed by atoms with Crippen molar-refractivity contribution in [2.24, 2.45) is 0 Å². The Morgan fingerprint density at radius 2 is 2.40 bits per heavy atom. The Bertz CT molecular complexity index is 420. The maximum absolute atomic E-state index is 7.46. The molecule has 10 heavy (non-hydrogen) atoms. The van der Waals surface area contributed by atoms with Crippen molar-refractivity contribution in [1.29, 1.82) is 0 Å². The Kier molecular flexibility index (Phi) is 0.603. The van der Waals surface area contributed by atoms with E-state index < -0.39 is 31.0 Å². The van der Waals surface area contributed by atoms with Crippen LogP contribution in [-0.2, 0) is 5.41 Å². The SMILES string of the molecule is [2H]C([2H])([2H])C(c1ncc(Br)s1)(C([2H])([2H])[2H])C([2H])([2H])[2H]. The van der Waals surface area contributed by atoms with E-state index in [-0.39, 0.29) is 0 Å². The Balaban J connectivity index is 3.75. The molecule has 0 aromatic carbocycles. The van der Waals surface area contributed by atoms with Gasteiger partial charge in [0.25, 0.3) is 0 Å². The molecule has 0 atom stereocenters. The lowest BCUT2D eigenvalue weighted by Crippen LogP contribution is -2.09. The number of thiazole rings is 1. The molecule has 0 unspecified atom stereocenters. The van der Waals surface area contributed by atoms with Crippen molar-refractivity contribution in [1.82, 2.24) is 4.98 Å². The Hall–Kier alpha value is 0.110. The molecule has 0 spiro atoms. The lowest BCUT2D eigenvalue weighted by atomic mass is 9.98. The minimum atomic E-state index is -3.25. The topological polar surface area (TPSA) is 12.9 Å². The van der Waals surface area contributed by atoms with Gasteiger partial charge in [-0.15, -0.1) is 11.3 Å². The minimum Gasteiger partial charge on any atom is -0.248 e. The van der Waals surface area contributed by atoms with E-state index >= 15 is 0 Å². The van der Waals surface area contributed by atoms with E-state index in [1.165, 1.54) is 6.20 Å². The first-order valence-corrected chi connectivity index (χ1v) is 3.98. The highest BCUT2D eigenvalue weighted by atomic mass is 79.9. The highest BCUT2D eigenvalue weighted by Gasteiger charge is 2.16. The van der Waals surface area contributed by atoms with Crippen LogP contribution in [0.3, 0.4) is 0 Å². The number of hydrogen-bond acceptors (Lipinski definition) is 2. The van der Waals surface area contributed by atoms with E-state index in [1.54, 1.807) is 0 Å². The fraction of sp³-hybridized carbons (Fsp3) is 0.571. The molecule has 0 aliphatic rings. The van der Waals surface area contributed by atoms with E-state index in [4.69, 9.17) is 12.3 Å². The lowest BCUT2D eigenvalue weighted by Gasteiger charge is -2.13. The monoisotopic (exact) mass is 228 g/mol. The summed E-state index contributed by atoms with van der Waals surface area (Å²) in [5.41, 5.74) is -3.00. The molecule has 0 saturated heterocycles. The largest absolute Gasteiger partial charge is 0.248 e. The molecular formula is C7H10BrNS. The van der Waals surface area contributed by atoms with E-state index in [1.807, 2.05) is 0 Å². The molecule has 1 nitrogen and oxygen atoms in total. The van der Waals surface area contributed by atoms with E-state index in [9.17, 15) is 0 Å². The quantitative estimate of drug-likeness (QED) is 0.665. The van der Waals surface area contributed by atoms with Crippen molar-refractivity contribution in [3.63, 3.8) is 0 Å². The first kappa shape index (κ1) is 2.30. The zero-order valence-corrected chi connectivity index (χ0v) is 7.21. The summed E-state index contributed by atoms with van der Waals surface area (Å²) in [6, 6.07) is 0. The van der Waals surface area contributed by atoms with Crippen LogP contribution in [-0.4, -0.2) is 4.98 Å². The van der Waals surface area contributed by atoms with E-state index in [0.29, 0.717) is 15.1 Å². The summed E-state index contributed by atoms with van der Waals surface area (Å²) in [6.07, 6.45) is 1.19. The number of halogens is 1. The zero-order chi connectivity index (χ0) is 15.3. The summed E-state index contributed by atoms with van der Waals surface area (Å²) in [6.45, 7) is -9.75. The van der Waals surface area contributed by atoms with Gasteiger partial charge < -0.3 is 0 Å². The van der Waals surface area contributed by atoms with Crippen LogP contribution < -0.4 is 0 Å². The van der Waals surface area contributed by atoms with Crippen LogP contribution in [0.15, 0.2) is 9.98 Å². The molecule has 0 aliphatic heterocycles. The summed E-state index contributed by atoms with van der Waals surface area (Å²) < 4.78 is 67.5. The Morgan fingerprint density at radius 1 is 1.70 bits per heavy atom. The number of nitrogens with zero attached hydrogens (tertiary/aromatic N) is 1. The second-order valence-electron chi connectivity index (χ2n) is 1.72. The van der Waals surface area contributed by atoms with Crippen LogP contribution in [0.5, 0.6) is 0 Å². The predicted octanol–water partition coefficient (Wildman–Crippen LogP) is 3.20. The fourth-order valence-corrected chi connectivity index (χ4v) is 1.54. The summed E-state index contributed by atoms with van der Waals surface area (Å²) in [5, 5.41) is -0.445. The summed E-state index contributed by atoms with van der Waals surface area (Å²) in [4.78, 5) is 3.68. The average molecular weight is 229 g/mol. The van der Waals surface area contributed by atoms with Gasteiger partial charge in [-0.1, -0.05) is 20.6 Å². The molecule has 0 aliphatic carbocycles. The third kappa shape index (κ3) is 1.80. The fourth-order valence-electron chi connectivity index (χ4n) is 0.428. The molecule has 1 aromatic rings. The maximum atomic E-state index is 7.46. The van der Waals surface area contributed by atoms with Crippen LogP contribution >= 0.6 is 27.3 Å². The van der Waals surface area contributed by atoms with Crippen LogP contribution in [0.25, 0.3) is 0 Å². The standard InChI is InChI=1S/C7H10BrNS/c1-7(2,3)6-9-4-5(8)10-6/h4H,1-3H3/i1D3,2D3,3D3. The number of aromatic nitrogens is 1. The van der Waals surface area contributed by atoms with Gasteiger partial charge in [-0.25, -0.2) is 4.98 Å². The first-order chi connectivity index (χ1) is 8.25. The number of rotatable bonds is 0. The van der Waals surface area contributed by atoms with Gasteiger partial charge in [0.2, 0.25) is 0 Å². The van der Waals surface area contributed by atoms with E-state index in [2.05, 4.69) is 20.9 Å². The van der Waals surface area contributed by atoms with Gasteiger partial charge in [-0.3, -0.25) is 0 Å². The summed E-state index contributed by atoms with van der Waals surface area (Å²) >= 11 is 3.73. The second kappa shape index (κ2) is 2.62. The van der Waals surface area contributed by atoms with Crippen LogP contribution in [0.1, 0.15) is 37.9 Å². The van der Waals surface area contributed by atoms with Gasteiger partial charge in [0.05, 0.1) is 15.0 Å². The molecule has 1 heterocycles. The van der Waals surface area contributed by atoms with E-state index in [0.717, 1.165) is 0 Å². The smallest absolute Gasteiger partial charge is 0.0990 e. The van der Waals surface area contributed by atoms with Gasteiger partial charge in [-0.2, -0.15) is 0 Å². The molecule has 0 bridgehead atoms. The molecule has 56 valence electrons. The summed E-state index contributed by atoms with van der Waals surface area (Å²) in [7, 11) is 0. The normalized spacial score (nSPS) is 29.1. The van der Waals surface area contributed by atoms with Crippen molar-refractivity contribution in [2.75, 3.05) is 0 Å². The van der Waals surface area contributed by atoms with Crippen LogP contribution in [0.2, 0.25) is 0 Å². The van der Waals surface area contributed by atoms with Crippen molar-refractivity contribution >= 4 is 27.3 Å². The van der Waals surface area contributed by atoms with Crippen molar-refractivity contribution in [3.8, 4) is 0 Å². The van der Waals surface area contributed by atoms with Crippen molar-refractivity contribution in [2.45, 2.75) is 26.0 Å². The zero-order valence-electron chi connectivity index (χ0n) is 13.8. The molecule has 0 N–H and O–H groups in total. The van der Waals surface area contributed by atoms with Gasteiger partial charge in [0.1, 0.15) is 0 Å². The molecule has 0 radical (unpaired) electrons. The number of hydrogen-bond donors (Lipinski definition) is 0. The molecular weight excluding hydrogens is 210 g/mol. The maximum Gasteiger partial charge on any atom is 0.0990 e. The highest BCUT2D eigenvalue weighted by Crippen LogP contribution is 2.29. The van der Waals surface area contributed by atoms with Crippen LogP contribution in [0, 0.1) is 0 Å². The first-order valence-electron chi connectivity index (χ1n) is 6.87. The van der Waals surface area contributed by atoms with Crippen LogP contribution in [0.4, 0.5) is 0 Å². The van der Waals surface area contributed by atoms with Crippen molar-refractivity contribution < 1.29 is 12.3 Å². The lowest BCUT2D eigenvalue weighted by molar-refractivity contribution is 0.585. The molecule has 0 saturated carbocycles. The Labute approximate surface area is 86.3 Å². The molecule has 1 rings (SSSR count). The third-order valence-corrected chi connectivity index (χ3v) is 2.39. The minimum absolute atomic E-state index is 0.365. The van der Waals surface area contributed by atoms with Gasteiger partial charge in [-0.05, 0) is 15.9 Å². The van der Waals surface area contributed by atoms with Gasteiger partial charge >= 0.3 is 0 Å². The van der Waals surface area contributed by atoms with Gasteiger partial charge in [0.15, 0.2) is 0 Å². The summed E-state index contributed by atoms with van der Waals surface area (Å²) in [5.74, 6) is 0. The molecule has 0 fully saturated rings. The molecule has 1 aromatic heterocycles. The van der Waals surface area contributed by atoms with Gasteiger partial charge in [0, 0.05) is 17.8 Å². The molecule has 0 amide bonds. The average Bonchev–Trinajstić information content (AvgIpc) is 2.43. The molecule has 3 heteroatoms. The Morgan fingerprint density at radius 3 is 2.80 bits per heavy atom. The predicted molar refractivity (Wildman–Crippen MR) is 48.5 cm³/mol. The third-order valence-electron chi connectivity index (χ3n) is 0.798.